The minimum Gasteiger partial charge on any atom is -0.491 e. The Morgan fingerprint density at radius 3 is 2.15 bits per heavy atom. The number of piperazine rings is 1. The lowest BCUT2D eigenvalue weighted by molar-refractivity contribution is -0.192. The predicted octanol–water partition coefficient (Wildman–Crippen LogP) is 6.21. The molecule has 0 N–H and O–H groups in total. The first-order valence-electron chi connectivity index (χ1n) is 18.5. The Bertz CT molecular complexity index is 2060. The number of rotatable bonds is 12. The van der Waals surface area contributed by atoms with E-state index in [1.807, 2.05) is 36.4 Å². The molecule has 3 aromatic carbocycles. The third kappa shape index (κ3) is 7.76. The van der Waals surface area contributed by atoms with Gasteiger partial charge >= 0.3 is 5.69 Å². The fourth-order valence-corrected chi connectivity index (χ4v) is 7.31. The van der Waals surface area contributed by atoms with Gasteiger partial charge in [-0.25, -0.2) is 32.5 Å². The molecule has 2 aliphatic rings. The van der Waals surface area contributed by atoms with Crippen LogP contribution in [-0.2, 0) is 21.8 Å². The van der Waals surface area contributed by atoms with E-state index >= 15 is 0 Å². The molecule has 4 heterocycles. The maximum atomic E-state index is 14.9. The van der Waals surface area contributed by atoms with Crippen LogP contribution in [0.25, 0.3) is 5.69 Å². The van der Waals surface area contributed by atoms with Crippen LogP contribution in [0.4, 0.5) is 20.2 Å². The highest BCUT2D eigenvalue weighted by Crippen LogP contribution is 2.38. The normalized spacial score (nSPS) is 20.3. The van der Waals surface area contributed by atoms with E-state index < -0.39 is 23.5 Å². The van der Waals surface area contributed by atoms with Crippen molar-refractivity contribution in [3.63, 3.8) is 0 Å². The lowest BCUT2D eigenvalue weighted by Gasteiger charge is -2.37. The van der Waals surface area contributed by atoms with E-state index in [9.17, 15) is 13.6 Å². The highest BCUT2D eigenvalue weighted by molar-refractivity contribution is 5.54. The van der Waals surface area contributed by atoms with Gasteiger partial charge in [0.05, 0.1) is 18.3 Å². The third-order valence-electron chi connectivity index (χ3n) is 10.8. The van der Waals surface area contributed by atoms with E-state index in [2.05, 4.69) is 71.7 Å². The van der Waals surface area contributed by atoms with Crippen molar-refractivity contribution in [2.75, 3.05) is 49.2 Å². The Balaban J connectivity index is 0.922. The first-order chi connectivity index (χ1) is 25.9. The highest BCUT2D eigenvalue weighted by atomic mass is 19.1. The third-order valence-corrected chi connectivity index (χ3v) is 10.8. The largest absolute Gasteiger partial charge is 0.491 e. The first-order valence-corrected chi connectivity index (χ1v) is 18.5. The molecule has 0 spiro atoms. The summed E-state index contributed by atoms with van der Waals surface area (Å²) in [6.07, 6.45) is 4.81. The molecule has 286 valence electrons. The van der Waals surface area contributed by atoms with Crippen LogP contribution in [0.1, 0.15) is 52.6 Å². The van der Waals surface area contributed by atoms with Gasteiger partial charge < -0.3 is 24.0 Å². The van der Waals surface area contributed by atoms with E-state index in [0.29, 0.717) is 5.75 Å². The molecule has 7 rings (SSSR count). The molecule has 2 saturated heterocycles. The molecule has 1 unspecified atom stereocenters. The lowest BCUT2D eigenvalue weighted by Crippen LogP contribution is -2.46. The van der Waals surface area contributed by atoms with Crippen LogP contribution < -0.4 is 20.2 Å². The molecule has 54 heavy (non-hydrogen) atoms. The second-order valence-corrected chi connectivity index (χ2v) is 15.2. The molecule has 0 radical (unpaired) electrons. The number of benzene rings is 3. The Morgan fingerprint density at radius 2 is 1.56 bits per heavy atom. The van der Waals surface area contributed by atoms with E-state index in [4.69, 9.17) is 14.2 Å². The maximum Gasteiger partial charge on any atom is 0.350 e. The lowest BCUT2D eigenvalue weighted by atomic mass is 9.77. The highest BCUT2D eigenvalue weighted by Gasteiger charge is 2.46. The molecular weight excluding hydrogens is 694 g/mol. The van der Waals surface area contributed by atoms with Gasteiger partial charge in [-0.2, -0.15) is 10.2 Å². The summed E-state index contributed by atoms with van der Waals surface area (Å²) >= 11 is 0. The number of halogens is 2. The van der Waals surface area contributed by atoms with Gasteiger partial charge in [0, 0.05) is 49.2 Å². The standard InChI is InChI=1S/C40H48F2N8O4/c1-6-37(28(2)39(3,4)5)50-38(51)49(27-45-50)32-10-8-30(9-11-32)46-17-19-47(20-18-46)31-12-14-33(15-13-31)52-22-34-23-53-40(54-34,24-48-26-43-25-44-48)35-16-7-29(41)21-36(35)42/h7-16,21,25-28,34,37H,6,17-20,22-24H2,1-5H3/t28-,34-,37-,40?/m0/s1. The van der Waals surface area contributed by atoms with Crippen molar-refractivity contribution < 1.29 is 23.0 Å². The van der Waals surface area contributed by atoms with E-state index in [0.717, 1.165) is 55.7 Å². The Kier molecular flexibility index (Phi) is 10.6. The molecule has 4 atom stereocenters. The summed E-state index contributed by atoms with van der Waals surface area (Å²) in [5.41, 5.74) is 3.03. The molecule has 0 aliphatic carbocycles. The molecule has 0 amide bonds. The zero-order valence-corrected chi connectivity index (χ0v) is 31.4. The van der Waals surface area contributed by atoms with Crippen molar-refractivity contribution in [2.45, 2.75) is 65.5 Å². The summed E-state index contributed by atoms with van der Waals surface area (Å²) in [7, 11) is 0. The summed E-state index contributed by atoms with van der Waals surface area (Å²) in [5.74, 6) is -2.02. The SMILES string of the molecule is CC[C@@H]([C@H](C)C(C)(C)C)n1ncn(-c2ccc(N3CCN(c4ccc(OC[C@H]5COC(Cn6cncn6)(c6ccc(F)cc6F)O5)cc4)CC3)cc2)c1=O. The van der Waals surface area contributed by atoms with Crippen LogP contribution >= 0.6 is 0 Å². The fourth-order valence-electron chi connectivity index (χ4n) is 7.31. The van der Waals surface area contributed by atoms with Crippen LogP contribution in [-0.4, -0.2) is 74.6 Å². The number of ether oxygens (including phenoxy) is 3. The van der Waals surface area contributed by atoms with Crippen LogP contribution in [0, 0.1) is 23.0 Å². The van der Waals surface area contributed by atoms with Crippen molar-refractivity contribution >= 4 is 11.4 Å². The second-order valence-electron chi connectivity index (χ2n) is 15.2. The minimum absolute atomic E-state index is 0.0288. The molecule has 5 aromatic rings. The van der Waals surface area contributed by atoms with Gasteiger partial charge in [-0.05, 0) is 78.4 Å². The Hall–Kier alpha value is -5.08. The molecule has 2 aliphatic heterocycles. The Labute approximate surface area is 313 Å². The molecule has 2 fully saturated rings. The maximum absolute atomic E-state index is 14.9. The van der Waals surface area contributed by atoms with Crippen LogP contribution in [0.5, 0.6) is 5.75 Å². The Morgan fingerprint density at radius 1 is 0.907 bits per heavy atom. The van der Waals surface area contributed by atoms with Gasteiger partial charge in [-0.1, -0.05) is 34.6 Å². The van der Waals surface area contributed by atoms with Gasteiger partial charge in [0.1, 0.15) is 55.6 Å². The number of hydrogen-bond acceptors (Lipinski definition) is 9. The molecule has 14 heteroatoms. The first kappa shape index (κ1) is 37.2. The fraction of sp³-hybridized carbons (Fsp3) is 0.450. The zero-order chi connectivity index (χ0) is 38.0. The van der Waals surface area contributed by atoms with Gasteiger partial charge in [-0.3, -0.25) is 0 Å². The number of hydrogen-bond donors (Lipinski definition) is 0. The summed E-state index contributed by atoms with van der Waals surface area (Å²) in [6.45, 7) is 14.7. The minimum atomic E-state index is -1.51. The molecule has 0 saturated carbocycles. The average Bonchev–Trinajstić information content (AvgIpc) is 3.92. The van der Waals surface area contributed by atoms with Crippen molar-refractivity contribution in [1.82, 2.24) is 29.1 Å². The predicted molar refractivity (Wildman–Crippen MR) is 201 cm³/mol. The van der Waals surface area contributed by atoms with Crippen molar-refractivity contribution in [3.05, 3.63) is 113 Å². The average molecular weight is 743 g/mol. The van der Waals surface area contributed by atoms with E-state index in [1.54, 1.807) is 15.6 Å². The van der Waals surface area contributed by atoms with Gasteiger partial charge in [0.15, 0.2) is 0 Å². The van der Waals surface area contributed by atoms with E-state index in [1.165, 1.54) is 29.5 Å². The van der Waals surface area contributed by atoms with Gasteiger partial charge in [0.2, 0.25) is 5.79 Å². The topological polar surface area (TPSA) is 105 Å². The summed E-state index contributed by atoms with van der Waals surface area (Å²) in [6, 6.07) is 19.4. The molecule has 0 bridgehead atoms. The monoisotopic (exact) mass is 742 g/mol. The van der Waals surface area contributed by atoms with E-state index in [-0.39, 0.29) is 48.4 Å². The van der Waals surface area contributed by atoms with Gasteiger partial charge in [-0.15, -0.1) is 0 Å². The van der Waals surface area contributed by atoms with Crippen LogP contribution in [0.2, 0.25) is 0 Å². The van der Waals surface area contributed by atoms with Crippen molar-refractivity contribution in [2.24, 2.45) is 11.3 Å². The zero-order valence-electron chi connectivity index (χ0n) is 31.4. The number of nitrogens with zero attached hydrogens (tertiary/aromatic N) is 8. The van der Waals surface area contributed by atoms with Gasteiger partial charge in [0.25, 0.3) is 0 Å². The van der Waals surface area contributed by atoms with Crippen LogP contribution in [0.15, 0.2) is 90.5 Å². The van der Waals surface area contributed by atoms with Crippen LogP contribution in [0.3, 0.4) is 0 Å². The summed E-state index contributed by atoms with van der Waals surface area (Å²) in [5, 5.41) is 8.63. The quantitative estimate of drug-likeness (QED) is 0.148. The number of anilines is 2. The van der Waals surface area contributed by atoms with Crippen molar-refractivity contribution in [3.8, 4) is 11.4 Å². The molecule has 12 nitrogen and oxygen atoms in total. The smallest absolute Gasteiger partial charge is 0.350 e. The summed E-state index contributed by atoms with van der Waals surface area (Å²) in [4.78, 5) is 22.1. The van der Waals surface area contributed by atoms with Crippen molar-refractivity contribution in [1.29, 1.82) is 0 Å². The molecular formula is C40H48F2N8O4. The summed E-state index contributed by atoms with van der Waals surface area (Å²) < 4.78 is 51.7. The number of aromatic nitrogens is 6. The second kappa shape index (κ2) is 15.3. The molecule has 2 aromatic heterocycles.